The maximum atomic E-state index is 5.17. The summed E-state index contributed by atoms with van der Waals surface area (Å²) in [6, 6.07) is 54.8. The zero-order chi connectivity index (χ0) is 34.6. The Morgan fingerprint density at radius 2 is 1.12 bits per heavy atom. The van der Waals surface area contributed by atoms with Gasteiger partial charge in [0.25, 0.3) is 0 Å². The van der Waals surface area contributed by atoms with Crippen LogP contribution >= 0.6 is 0 Å². The Kier molecular flexibility index (Phi) is 7.17. The van der Waals surface area contributed by atoms with Crippen LogP contribution in [0.4, 0.5) is 17.3 Å². The van der Waals surface area contributed by atoms with E-state index in [2.05, 4.69) is 157 Å². The molecule has 0 saturated heterocycles. The number of aryl methyl sites for hydroxylation is 1. The highest BCUT2D eigenvalue weighted by Gasteiger charge is 2.21. The van der Waals surface area contributed by atoms with Crippen molar-refractivity contribution < 1.29 is 0 Å². The maximum absolute atomic E-state index is 5.17. The first-order valence-electron chi connectivity index (χ1n) is 18.0. The Morgan fingerprint density at radius 1 is 0.481 bits per heavy atom. The Labute approximate surface area is 302 Å². The fourth-order valence-electron chi connectivity index (χ4n) is 8.07. The quantitative estimate of drug-likeness (QED) is 0.183. The van der Waals surface area contributed by atoms with Crippen LogP contribution < -0.4 is 15.3 Å². The van der Waals surface area contributed by atoms with E-state index in [4.69, 9.17) is 9.97 Å². The standard InChI is InChI=1S/C49H35N3/c1-32-17-18-37-30-38(22-20-36(37)28-32)48-41-13-5-6-14-42(41)49(39-21-19-33-10-2-3-12-35(33)29-39)44-31-40(24-25-43(44)48)52(46-16-8-9-27-50-46)47-26-23-34-11-4-7-15-45(34)51-47/h2-4,7-31H,5-6H2,1H3. The molecule has 7 aromatic carbocycles. The van der Waals surface area contributed by atoms with Crippen LogP contribution in [0.1, 0.15) is 18.4 Å². The molecular formula is C49H35N3. The van der Waals surface area contributed by atoms with Crippen molar-refractivity contribution in [3.05, 3.63) is 174 Å². The molecule has 1 aliphatic carbocycles. The van der Waals surface area contributed by atoms with E-state index in [1.165, 1.54) is 70.6 Å². The van der Waals surface area contributed by atoms with Crippen molar-refractivity contribution in [1.82, 2.24) is 9.97 Å². The minimum Gasteiger partial charge on any atom is -0.279 e. The fourth-order valence-corrected chi connectivity index (χ4v) is 8.07. The van der Waals surface area contributed by atoms with Gasteiger partial charge in [-0.15, -0.1) is 0 Å². The summed E-state index contributed by atoms with van der Waals surface area (Å²) in [5.41, 5.74) is 8.24. The number of hydrogen-bond donors (Lipinski definition) is 0. The van der Waals surface area contributed by atoms with Gasteiger partial charge in [-0.2, -0.15) is 0 Å². The Morgan fingerprint density at radius 3 is 1.90 bits per heavy atom. The molecule has 0 fully saturated rings. The molecule has 52 heavy (non-hydrogen) atoms. The molecule has 246 valence electrons. The second-order valence-corrected chi connectivity index (χ2v) is 13.8. The van der Waals surface area contributed by atoms with Crippen LogP contribution in [0, 0.1) is 6.92 Å². The molecule has 2 heterocycles. The molecule has 3 nitrogen and oxygen atoms in total. The number of anilines is 3. The van der Waals surface area contributed by atoms with Crippen LogP contribution in [-0.4, -0.2) is 9.97 Å². The number of aromatic nitrogens is 2. The van der Waals surface area contributed by atoms with Crippen molar-refractivity contribution in [1.29, 1.82) is 0 Å². The molecule has 0 bridgehead atoms. The van der Waals surface area contributed by atoms with Crippen molar-refractivity contribution in [3.8, 4) is 22.3 Å². The van der Waals surface area contributed by atoms with Gasteiger partial charge in [-0.25, -0.2) is 9.97 Å². The first kappa shape index (κ1) is 30.3. The van der Waals surface area contributed by atoms with Crippen LogP contribution in [0.5, 0.6) is 0 Å². The van der Waals surface area contributed by atoms with Gasteiger partial charge in [0, 0.05) is 17.3 Å². The van der Waals surface area contributed by atoms with Gasteiger partial charge in [-0.05, 0) is 139 Å². The van der Waals surface area contributed by atoms with Gasteiger partial charge in [0.2, 0.25) is 0 Å². The SMILES string of the molecule is Cc1ccc2cc(-c3c4c(c(-c5ccc6ccccc6c5)c5cc(N(c6ccccn6)c6ccc7ccccc7n6)ccc35)=CCCC=4)ccc2c1. The van der Waals surface area contributed by atoms with Gasteiger partial charge < -0.3 is 0 Å². The largest absolute Gasteiger partial charge is 0.279 e. The first-order valence-corrected chi connectivity index (χ1v) is 18.0. The lowest BCUT2D eigenvalue weighted by atomic mass is 9.85. The van der Waals surface area contributed by atoms with Crippen LogP contribution in [0.2, 0.25) is 0 Å². The minimum atomic E-state index is 0.819. The maximum Gasteiger partial charge on any atom is 0.139 e. The summed E-state index contributed by atoms with van der Waals surface area (Å²) in [5.74, 6) is 1.65. The van der Waals surface area contributed by atoms with Crippen LogP contribution in [0.25, 0.3) is 77.6 Å². The molecular weight excluding hydrogens is 631 g/mol. The highest BCUT2D eigenvalue weighted by molar-refractivity contribution is 6.09. The lowest BCUT2D eigenvalue weighted by molar-refractivity contribution is 1.12. The molecule has 0 atom stereocenters. The van der Waals surface area contributed by atoms with E-state index in [1.54, 1.807) is 0 Å². The van der Waals surface area contributed by atoms with E-state index in [0.717, 1.165) is 41.1 Å². The normalized spacial score (nSPS) is 12.5. The second-order valence-electron chi connectivity index (χ2n) is 13.8. The second kappa shape index (κ2) is 12.3. The van der Waals surface area contributed by atoms with Gasteiger partial charge in [-0.3, -0.25) is 4.90 Å². The molecule has 3 heteroatoms. The molecule has 10 rings (SSSR count). The zero-order valence-corrected chi connectivity index (χ0v) is 28.9. The average Bonchev–Trinajstić information content (AvgIpc) is 3.20. The average molecular weight is 666 g/mol. The number of nitrogens with zero attached hydrogens (tertiary/aromatic N) is 3. The molecule has 1 aliphatic rings. The van der Waals surface area contributed by atoms with Gasteiger partial charge in [0.1, 0.15) is 11.6 Å². The van der Waals surface area contributed by atoms with E-state index in [-0.39, 0.29) is 0 Å². The van der Waals surface area contributed by atoms with Crippen molar-refractivity contribution in [2.75, 3.05) is 4.90 Å². The highest BCUT2D eigenvalue weighted by Crippen LogP contribution is 2.40. The first-order chi connectivity index (χ1) is 25.7. The molecule has 9 aromatic rings. The smallest absolute Gasteiger partial charge is 0.139 e. The van der Waals surface area contributed by atoms with Crippen molar-refractivity contribution in [2.24, 2.45) is 0 Å². The lowest BCUT2D eigenvalue weighted by Crippen LogP contribution is -2.31. The molecule has 0 aliphatic heterocycles. The minimum absolute atomic E-state index is 0.819. The zero-order valence-electron chi connectivity index (χ0n) is 28.9. The number of benzene rings is 7. The Hall–Kier alpha value is -6.58. The summed E-state index contributed by atoms with van der Waals surface area (Å²) in [7, 11) is 0. The van der Waals surface area contributed by atoms with E-state index in [9.17, 15) is 0 Å². The van der Waals surface area contributed by atoms with Gasteiger partial charge in [0.05, 0.1) is 5.52 Å². The Balaban J connectivity index is 1.30. The van der Waals surface area contributed by atoms with E-state index < -0.39 is 0 Å². The molecule has 0 amide bonds. The monoisotopic (exact) mass is 665 g/mol. The number of rotatable bonds is 5. The van der Waals surface area contributed by atoms with E-state index in [1.807, 2.05) is 24.4 Å². The molecule has 0 radical (unpaired) electrons. The van der Waals surface area contributed by atoms with E-state index in [0.29, 0.717) is 0 Å². The molecule has 0 saturated carbocycles. The molecule has 2 aromatic heterocycles. The lowest BCUT2D eigenvalue weighted by Gasteiger charge is -2.25. The summed E-state index contributed by atoms with van der Waals surface area (Å²) in [6.45, 7) is 2.16. The third-order valence-electron chi connectivity index (χ3n) is 10.5. The predicted octanol–water partition coefficient (Wildman–Crippen LogP) is 11.6. The number of fused-ring (bicyclic) bond motifs is 5. The van der Waals surface area contributed by atoms with Gasteiger partial charge in [-0.1, -0.05) is 115 Å². The third-order valence-corrected chi connectivity index (χ3v) is 10.5. The molecule has 0 spiro atoms. The third kappa shape index (κ3) is 5.13. The van der Waals surface area contributed by atoms with Crippen molar-refractivity contribution in [3.63, 3.8) is 0 Å². The van der Waals surface area contributed by atoms with E-state index >= 15 is 0 Å². The molecule has 0 unspecified atom stereocenters. The van der Waals surface area contributed by atoms with Gasteiger partial charge in [0.15, 0.2) is 0 Å². The topological polar surface area (TPSA) is 29.0 Å². The van der Waals surface area contributed by atoms with Gasteiger partial charge >= 0.3 is 0 Å². The van der Waals surface area contributed by atoms with Crippen molar-refractivity contribution >= 4 is 72.7 Å². The summed E-state index contributed by atoms with van der Waals surface area (Å²) < 4.78 is 0. The molecule has 0 N–H and O–H groups in total. The highest BCUT2D eigenvalue weighted by atomic mass is 15.2. The summed E-state index contributed by atoms with van der Waals surface area (Å²) in [6.07, 6.45) is 8.80. The fraction of sp³-hybridized carbons (Fsp3) is 0.0612. The predicted molar refractivity (Wildman–Crippen MR) is 220 cm³/mol. The summed E-state index contributed by atoms with van der Waals surface area (Å²) in [5, 5.41) is 11.2. The van der Waals surface area contributed by atoms with Crippen LogP contribution in [0.15, 0.2) is 158 Å². The number of hydrogen-bond acceptors (Lipinski definition) is 3. The van der Waals surface area contributed by atoms with Crippen molar-refractivity contribution in [2.45, 2.75) is 19.8 Å². The summed E-state index contributed by atoms with van der Waals surface area (Å²) in [4.78, 5) is 12.2. The summed E-state index contributed by atoms with van der Waals surface area (Å²) >= 11 is 0. The Bertz CT molecular complexity index is 2980. The number of para-hydroxylation sites is 1. The van der Waals surface area contributed by atoms with Crippen LogP contribution in [0.3, 0.4) is 0 Å². The van der Waals surface area contributed by atoms with Crippen LogP contribution in [-0.2, 0) is 0 Å². The number of pyridine rings is 2.